The van der Waals surface area contributed by atoms with Crippen LogP contribution in [0.15, 0.2) is 46.7 Å². The Labute approximate surface area is 93.3 Å². The summed E-state index contributed by atoms with van der Waals surface area (Å²) >= 11 is 0. The zero-order valence-corrected chi connectivity index (χ0v) is 8.59. The Bertz CT molecular complexity index is 497. The van der Waals surface area contributed by atoms with Crippen molar-refractivity contribution < 1.29 is 5.11 Å². The first-order valence-electron chi connectivity index (χ1n) is 4.93. The predicted octanol–water partition coefficient (Wildman–Crippen LogP) is 1.30. The van der Waals surface area contributed by atoms with Crippen molar-refractivity contribution in [2.24, 2.45) is 10.7 Å². The highest BCUT2D eigenvalue weighted by Crippen LogP contribution is 2.20. The number of nitrogens with zero attached hydrogens (tertiary/aromatic N) is 2. The molecule has 0 aromatic heterocycles. The van der Waals surface area contributed by atoms with E-state index in [0.29, 0.717) is 6.42 Å². The van der Waals surface area contributed by atoms with Crippen molar-refractivity contribution in [3.05, 3.63) is 47.2 Å². The molecule has 4 nitrogen and oxygen atoms in total. The summed E-state index contributed by atoms with van der Waals surface area (Å²) in [7, 11) is 0. The van der Waals surface area contributed by atoms with Crippen molar-refractivity contribution in [3.8, 4) is 6.07 Å². The smallest absolute Gasteiger partial charge is 0.140 e. The summed E-state index contributed by atoms with van der Waals surface area (Å²) in [6.07, 6.45) is 0.554. The number of amidine groups is 1. The third kappa shape index (κ3) is 1.75. The van der Waals surface area contributed by atoms with Crippen LogP contribution in [0.2, 0.25) is 0 Å². The molecule has 0 saturated heterocycles. The van der Waals surface area contributed by atoms with Crippen LogP contribution in [-0.2, 0) is 6.42 Å². The molecule has 0 fully saturated rings. The number of aliphatic imine (C=N–C) groups is 1. The molecular weight excluding hydrogens is 202 g/mol. The van der Waals surface area contributed by atoms with Crippen molar-refractivity contribution in [3.63, 3.8) is 0 Å². The molecule has 0 unspecified atom stereocenters. The number of rotatable bonds is 2. The van der Waals surface area contributed by atoms with Gasteiger partial charge in [0.15, 0.2) is 0 Å². The Morgan fingerprint density at radius 2 is 2.06 bits per heavy atom. The van der Waals surface area contributed by atoms with Crippen LogP contribution in [-0.4, -0.2) is 17.0 Å². The van der Waals surface area contributed by atoms with Crippen molar-refractivity contribution in [1.29, 1.82) is 5.26 Å². The van der Waals surface area contributed by atoms with E-state index >= 15 is 0 Å². The molecule has 0 spiro atoms. The number of nitriles is 1. The van der Waals surface area contributed by atoms with Gasteiger partial charge in [0.05, 0.1) is 0 Å². The molecule has 1 aliphatic rings. The molecule has 0 radical (unpaired) electrons. The summed E-state index contributed by atoms with van der Waals surface area (Å²) in [5, 5.41) is 18.5. The summed E-state index contributed by atoms with van der Waals surface area (Å²) in [5.74, 6) is 0.102. The molecule has 0 amide bonds. The molecule has 3 N–H and O–H groups in total. The minimum atomic E-state index is -0.419. The van der Waals surface area contributed by atoms with Crippen LogP contribution in [0.3, 0.4) is 0 Å². The van der Waals surface area contributed by atoms with Crippen molar-refractivity contribution in [2.75, 3.05) is 0 Å². The van der Waals surface area contributed by atoms with Crippen molar-refractivity contribution in [1.82, 2.24) is 0 Å². The molecule has 0 bridgehead atoms. The van der Waals surface area contributed by atoms with Crippen LogP contribution in [0.1, 0.15) is 5.56 Å². The van der Waals surface area contributed by atoms with Crippen molar-refractivity contribution >= 4 is 5.84 Å². The Balaban J connectivity index is 2.21. The normalized spacial score (nSPS) is 19.4. The molecular formula is C12H11N3O. The van der Waals surface area contributed by atoms with Crippen LogP contribution in [0.25, 0.3) is 0 Å². The summed E-state index contributed by atoms with van der Waals surface area (Å²) in [6, 6.07) is 11.1. The van der Waals surface area contributed by atoms with Gasteiger partial charge in [-0.2, -0.15) is 5.26 Å². The topological polar surface area (TPSA) is 82.4 Å². The highest BCUT2D eigenvalue weighted by atomic mass is 16.3. The van der Waals surface area contributed by atoms with Crippen LogP contribution in [0.4, 0.5) is 0 Å². The Kier molecular flexibility index (Phi) is 2.61. The summed E-state index contributed by atoms with van der Waals surface area (Å²) in [6.45, 7) is 0. The average Bonchev–Trinajstić information content (AvgIpc) is 2.55. The molecule has 0 aliphatic carbocycles. The van der Waals surface area contributed by atoms with Gasteiger partial charge in [-0.25, -0.2) is 0 Å². The molecule has 1 heterocycles. The first kappa shape index (κ1) is 10.2. The van der Waals surface area contributed by atoms with Crippen LogP contribution in [0, 0.1) is 11.3 Å². The van der Waals surface area contributed by atoms with Crippen LogP contribution < -0.4 is 5.73 Å². The van der Waals surface area contributed by atoms with E-state index in [1.165, 1.54) is 0 Å². The van der Waals surface area contributed by atoms with Crippen LogP contribution >= 0.6 is 0 Å². The van der Waals surface area contributed by atoms with Gasteiger partial charge in [0.2, 0.25) is 0 Å². The summed E-state index contributed by atoms with van der Waals surface area (Å²) < 4.78 is 0. The van der Waals surface area contributed by atoms with E-state index < -0.39 is 6.04 Å². The fraction of sp³-hybridized carbons (Fsp3) is 0.167. The minimum absolute atomic E-state index is 0.0242. The van der Waals surface area contributed by atoms with E-state index in [1.54, 1.807) is 0 Å². The highest BCUT2D eigenvalue weighted by Gasteiger charge is 2.26. The highest BCUT2D eigenvalue weighted by molar-refractivity contribution is 6.03. The van der Waals surface area contributed by atoms with E-state index in [2.05, 4.69) is 4.99 Å². The monoisotopic (exact) mass is 213 g/mol. The van der Waals surface area contributed by atoms with Crippen molar-refractivity contribution in [2.45, 2.75) is 12.5 Å². The average molecular weight is 213 g/mol. The first-order chi connectivity index (χ1) is 7.72. The van der Waals surface area contributed by atoms with Gasteiger partial charge < -0.3 is 10.8 Å². The Morgan fingerprint density at radius 3 is 2.62 bits per heavy atom. The van der Waals surface area contributed by atoms with E-state index in [1.807, 2.05) is 36.4 Å². The lowest BCUT2D eigenvalue weighted by Crippen LogP contribution is -2.11. The van der Waals surface area contributed by atoms with Gasteiger partial charge in [0.1, 0.15) is 29.3 Å². The molecule has 2 rings (SSSR count). The molecule has 16 heavy (non-hydrogen) atoms. The molecule has 4 heteroatoms. The fourth-order valence-corrected chi connectivity index (χ4v) is 1.69. The zero-order valence-electron chi connectivity index (χ0n) is 8.59. The number of benzene rings is 1. The number of aliphatic hydroxyl groups excluding tert-OH is 1. The van der Waals surface area contributed by atoms with Gasteiger partial charge in [-0.1, -0.05) is 30.3 Å². The predicted molar refractivity (Wildman–Crippen MR) is 60.8 cm³/mol. The summed E-state index contributed by atoms with van der Waals surface area (Å²) in [4.78, 5) is 4.06. The lowest BCUT2D eigenvalue weighted by atomic mass is 10.0. The Hall–Kier alpha value is -2.28. The quantitative estimate of drug-likeness (QED) is 0.776. The number of nitrogens with two attached hydrogens (primary N) is 1. The van der Waals surface area contributed by atoms with Gasteiger partial charge in [-0.05, 0) is 5.56 Å². The molecule has 0 saturated carbocycles. The largest absolute Gasteiger partial charge is 0.508 e. The van der Waals surface area contributed by atoms with E-state index in [-0.39, 0.29) is 17.2 Å². The van der Waals surface area contributed by atoms with Gasteiger partial charge in [-0.3, -0.25) is 4.99 Å². The SMILES string of the molecule is N#CC1=C(O)[C@@H](Cc2ccccc2)N=C1N. The van der Waals surface area contributed by atoms with Gasteiger partial charge >= 0.3 is 0 Å². The third-order valence-corrected chi connectivity index (χ3v) is 2.51. The lowest BCUT2D eigenvalue weighted by Gasteiger charge is -2.07. The first-order valence-corrected chi connectivity index (χ1v) is 4.93. The maximum atomic E-state index is 9.74. The molecule has 80 valence electrons. The maximum absolute atomic E-state index is 9.74. The van der Waals surface area contributed by atoms with Gasteiger partial charge in [0, 0.05) is 6.42 Å². The second-order valence-corrected chi connectivity index (χ2v) is 3.59. The standard InChI is InChI=1S/C12H11N3O/c13-7-9-11(16)10(15-12(9)14)6-8-4-2-1-3-5-8/h1-5,10,16H,6H2,(H2,14,15)/t10-/m1/s1. The molecule has 1 aromatic rings. The lowest BCUT2D eigenvalue weighted by molar-refractivity contribution is 0.370. The second-order valence-electron chi connectivity index (χ2n) is 3.59. The number of hydrogen-bond donors (Lipinski definition) is 2. The fourth-order valence-electron chi connectivity index (χ4n) is 1.69. The van der Waals surface area contributed by atoms with Crippen LogP contribution in [0.5, 0.6) is 0 Å². The van der Waals surface area contributed by atoms with E-state index in [4.69, 9.17) is 11.0 Å². The molecule has 1 aliphatic heterocycles. The van der Waals surface area contributed by atoms with Gasteiger partial charge in [0.25, 0.3) is 0 Å². The third-order valence-electron chi connectivity index (χ3n) is 2.51. The Morgan fingerprint density at radius 1 is 1.38 bits per heavy atom. The number of aliphatic hydroxyl groups is 1. The maximum Gasteiger partial charge on any atom is 0.140 e. The number of hydrogen-bond acceptors (Lipinski definition) is 4. The van der Waals surface area contributed by atoms with E-state index in [0.717, 1.165) is 5.56 Å². The van der Waals surface area contributed by atoms with Gasteiger partial charge in [-0.15, -0.1) is 0 Å². The minimum Gasteiger partial charge on any atom is -0.508 e. The zero-order chi connectivity index (χ0) is 11.5. The molecule has 1 atom stereocenters. The summed E-state index contributed by atoms with van der Waals surface area (Å²) in [5.41, 5.74) is 6.68. The van der Waals surface area contributed by atoms with E-state index in [9.17, 15) is 5.11 Å². The molecule has 1 aromatic carbocycles. The second kappa shape index (κ2) is 4.07.